The van der Waals surface area contributed by atoms with Crippen molar-refractivity contribution in [1.82, 2.24) is 10.1 Å². The van der Waals surface area contributed by atoms with E-state index in [4.69, 9.17) is 32.5 Å². The van der Waals surface area contributed by atoms with Crippen LogP contribution in [0.25, 0.3) is 11.5 Å². The van der Waals surface area contributed by atoms with Crippen LogP contribution in [0.15, 0.2) is 65.2 Å². The van der Waals surface area contributed by atoms with Gasteiger partial charge in [-0.25, -0.2) is 4.79 Å². The zero-order chi connectivity index (χ0) is 23.1. The SMILES string of the molecule is O=C(OCc1noc(-c2ccc(Cl)cc2)n1)c1ccc2c(c1Cl)C(=O)c1ccccc1C2=O. The third-order valence-electron chi connectivity index (χ3n) is 5.14. The maximum Gasteiger partial charge on any atom is 0.340 e. The summed E-state index contributed by atoms with van der Waals surface area (Å²) in [4.78, 5) is 42.6. The molecule has 33 heavy (non-hydrogen) atoms. The lowest BCUT2D eigenvalue weighted by atomic mass is 9.83. The summed E-state index contributed by atoms with van der Waals surface area (Å²) in [7, 11) is 0. The summed E-state index contributed by atoms with van der Waals surface area (Å²) < 4.78 is 10.4. The summed E-state index contributed by atoms with van der Waals surface area (Å²) in [6, 6.07) is 16.0. The minimum Gasteiger partial charge on any atom is -0.454 e. The van der Waals surface area contributed by atoms with Gasteiger partial charge in [0, 0.05) is 27.3 Å². The zero-order valence-corrected chi connectivity index (χ0v) is 18.2. The van der Waals surface area contributed by atoms with E-state index in [1.165, 1.54) is 12.1 Å². The van der Waals surface area contributed by atoms with Crippen LogP contribution in [-0.2, 0) is 11.3 Å². The predicted molar refractivity (Wildman–Crippen MR) is 119 cm³/mol. The van der Waals surface area contributed by atoms with Crippen molar-refractivity contribution in [2.45, 2.75) is 6.61 Å². The summed E-state index contributed by atoms with van der Waals surface area (Å²) in [5.74, 6) is -1.16. The van der Waals surface area contributed by atoms with E-state index in [-0.39, 0.29) is 51.4 Å². The number of carbonyl (C=O) groups is 3. The smallest absolute Gasteiger partial charge is 0.340 e. The second kappa shape index (κ2) is 8.27. The minimum absolute atomic E-state index is 0.0144. The van der Waals surface area contributed by atoms with Gasteiger partial charge in [0.2, 0.25) is 5.82 Å². The van der Waals surface area contributed by atoms with Crippen molar-refractivity contribution in [3.05, 3.63) is 104 Å². The lowest BCUT2D eigenvalue weighted by Gasteiger charge is -2.19. The molecule has 0 aliphatic heterocycles. The molecule has 0 saturated heterocycles. The normalized spacial score (nSPS) is 12.3. The monoisotopic (exact) mass is 478 g/mol. The van der Waals surface area contributed by atoms with Crippen LogP contribution in [0, 0.1) is 0 Å². The molecule has 5 rings (SSSR count). The first-order chi connectivity index (χ1) is 15.9. The Morgan fingerprint density at radius 1 is 0.879 bits per heavy atom. The van der Waals surface area contributed by atoms with Crippen molar-refractivity contribution in [3.8, 4) is 11.5 Å². The van der Waals surface area contributed by atoms with Crippen molar-refractivity contribution in [2.75, 3.05) is 0 Å². The number of nitrogens with zero attached hydrogens (tertiary/aromatic N) is 2. The van der Waals surface area contributed by atoms with E-state index in [1.807, 2.05) is 0 Å². The third-order valence-corrected chi connectivity index (χ3v) is 5.79. The molecule has 162 valence electrons. The average Bonchev–Trinajstić information content (AvgIpc) is 3.30. The first-order valence-corrected chi connectivity index (χ1v) is 10.5. The van der Waals surface area contributed by atoms with Crippen LogP contribution in [0.1, 0.15) is 48.0 Å². The molecule has 9 heteroatoms. The van der Waals surface area contributed by atoms with Crippen molar-refractivity contribution in [3.63, 3.8) is 0 Å². The molecule has 0 radical (unpaired) electrons. The summed E-state index contributed by atoms with van der Waals surface area (Å²) in [5.41, 5.74) is 1.28. The maximum absolute atomic E-state index is 13.0. The summed E-state index contributed by atoms with van der Waals surface area (Å²) in [6.07, 6.45) is 0. The second-order valence-corrected chi connectivity index (χ2v) is 7.97. The fourth-order valence-electron chi connectivity index (χ4n) is 3.53. The van der Waals surface area contributed by atoms with Gasteiger partial charge in [-0.2, -0.15) is 4.98 Å². The Balaban J connectivity index is 1.37. The van der Waals surface area contributed by atoms with E-state index >= 15 is 0 Å². The van der Waals surface area contributed by atoms with Gasteiger partial charge < -0.3 is 9.26 Å². The zero-order valence-electron chi connectivity index (χ0n) is 16.7. The van der Waals surface area contributed by atoms with Crippen LogP contribution in [0.5, 0.6) is 0 Å². The van der Waals surface area contributed by atoms with Gasteiger partial charge in [-0.15, -0.1) is 0 Å². The molecule has 1 heterocycles. The fourth-order valence-corrected chi connectivity index (χ4v) is 3.99. The van der Waals surface area contributed by atoms with E-state index in [9.17, 15) is 14.4 Å². The predicted octanol–water partition coefficient (Wildman–Crippen LogP) is 5.18. The van der Waals surface area contributed by atoms with Crippen LogP contribution >= 0.6 is 23.2 Å². The number of hydrogen-bond acceptors (Lipinski definition) is 7. The van der Waals surface area contributed by atoms with E-state index in [1.54, 1.807) is 48.5 Å². The number of hydrogen-bond donors (Lipinski definition) is 0. The second-order valence-electron chi connectivity index (χ2n) is 7.15. The molecule has 7 nitrogen and oxygen atoms in total. The number of carbonyl (C=O) groups excluding carboxylic acids is 3. The van der Waals surface area contributed by atoms with Gasteiger partial charge in [-0.05, 0) is 36.4 Å². The summed E-state index contributed by atoms with van der Waals surface area (Å²) in [6.45, 7) is -0.279. The summed E-state index contributed by atoms with van der Waals surface area (Å²) >= 11 is 12.3. The van der Waals surface area contributed by atoms with Gasteiger partial charge in [0.15, 0.2) is 18.2 Å². The Morgan fingerprint density at radius 2 is 1.58 bits per heavy atom. The van der Waals surface area contributed by atoms with Crippen molar-refractivity contribution < 1.29 is 23.6 Å². The van der Waals surface area contributed by atoms with Crippen LogP contribution in [0.2, 0.25) is 10.0 Å². The Kier molecular flexibility index (Phi) is 5.28. The molecule has 1 aliphatic rings. The van der Waals surface area contributed by atoms with Gasteiger partial charge in [0.05, 0.1) is 16.1 Å². The number of ketones is 2. The quantitative estimate of drug-likeness (QED) is 0.328. The average molecular weight is 479 g/mol. The highest BCUT2D eigenvalue weighted by Gasteiger charge is 2.33. The molecule has 0 fully saturated rings. The Hall–Kier alpha value is -3.81. The Labute approximate surface area is 196 Å². The number of esters is 1. The number of aromatic nitrogens is 2. The van der Waals surface area contributed by atoms with E-state index in [0.717, 1.165) is 0 Å². The highest BCUT2D eigenvalue weighted by molar-refractivity contribution is 6.41. The third kappa shape index (κ3) is 3.71. The van der Waals surface area contributed by atoms with E-state index < -0.39 is 11.8 Å². The lowest BCUT2D eigenvalue weighted by Crippen LogP contribution is -2.22. The van der Waals surface area contributed by atoms with Crippen molar-refractivity contribution >= 4 is 40.7 Å². The molecule has 1 aromatic heterocycles. The van der Waals surface area contributed by atoms with Gasteiger partial charge in [-0.3, -0.25) is 9.59 Å². The molecule has 4 aromatic rings. The number of fused-ring (bicyclic) bond motifs is 2. The molecule has 0 saturated carbocycles. The van der Waals surface area contributed by atoms with E-state index in [2.05, 4.69) is 10.1 Å². The van der Waals surface area contributed by atoms with Gasteiger partial charge in [-0.1, -0.05) is 52.6 Å². The van der Waals surface area contributed by atoms with Crippen LogP contribution in [0.4, 0.5) is 0 Å². The van der Waals surface area contributed by atoms with Gasteiger partial charge in [0.25, 0.3) is 5.89 Å². The van der Waals surface area contributed by atoms with E-state index in [0.29, 0.717) is 16.1 Å². The Bertz CT molecular complexity index is 1440. The molecule has 0 N–H and O–H groups in total. The van der Waals surface area contributed by atoms with Gasteiger partial charge in [0.1, 0.15) is 0 Å². The van der Waals surface area contributed by atoms with Crippen LogP contribution in [-0.4, -0.2) is 27.7 Å². The topological polar surface area (TPSA) is 99.4 Å². The van der Waals surface area contributed by atoms with Crippen molar-refractivity contribution in [1.29, 1.82) is 0 Å². The first-order valence-electron chi connectivity index (χ1n) is 9.70. The minimum atomic E-state index is -0.792. The number of benzene rings is 3. The molecule has 0 bridgehead atoms. The molecule has 0 amide bonds. The first kappa shape index (κ1) is 21.1. The highest BCUT2D eigenvalue weighted by Crippen LogP contribution is 2.34. The van der Waals surface area contributed by atoms with Crippen molar-refractivity contribution in [2.24, 2.45) is 0 Å². The molecule has 3 aromatic carbocycles. The van der Waals surface area contributed by atoms with Crippen LogP contribution < -0.4 is 0 Å². The molecular weight excluding hydrogens is 467 g/mol. The molecule has 0 spiro atoms. The number of halogens is 2. The van der Waals surface area contributed by atoms with Crippen LogP contribution in [0.3, 0.4) is 0 Å². The fraction of sp³-hybridized carbons (Fsp3) is 0.0417. The van der Waals surface area contributed by atoms with Gasteiger partial charge >= 0.3 is 5.97 Å². The molecular formula is C24H12Cl2N2O5. The number of rotatable bonds is 4. The summed E-state index contributed by atoms with van der Waals surface area (Å²) in [5, 5.41) is 4.22. The lowest BCUT2D eigenvalue weighted by molar-refractivity contribution is 0.0459. The molecule has 1 aliphatic carbocycles. The molecule has 0 atom stereocenters. The molecule has 0 unspecified atom stereocenters. The number of ether oxygens (including phenoxy) is 1. The highest BCUT2D eigenvalue weighted by atomic mass is 35.5. The maximum atomic E-state index is 13.0. The standard InChI is InChI=1S/C24H12Cl2N2O5/c25-13-7-5-12(6-8-13)23-27-18(28-33-23)11-32-24(31)17-10-9-16-19(20(17)26)22(30)15-4-2-1-3-14(15)21(16)29/h1-10H,11H2. The largest absolute Gasteiger partial charge is 0.454 e. The Morgan fingerprint density at radius 3 is 2.30 bits per heavy atom.